The number of piperidine rings is 1. The Balaban J connectivity index is 1.06. The van der Waals surface area contributed by atoms with Crippen LogP contribution in [0.25, 0.3) is 22.5 Å². The molecule has 192 valence electrons. The van der Waals surface area contributed by atoms with Gasteiger partial charge in [0.15, 0.2) is 23.0 Å². The maximum Gasteiger partial charge on any atom is 0.212 e. The molecule has 8 rings (SSSR count). The van der Waals surface area contributed by atoms with Crippen LogP contribution in [-0.4, -0.2) is 67.3 Å². The minimum atomic E-state index is 0.517. The molecule has 0 aromatic carbocycles. The highest BCUT2D eigenvalue weighted by atomic mass is 16.5. The van der Waals surface area contributed by atoms with Crippen LogP contribution < -0.4 is 15.0 Å². The summed E-state index contributed by atoms with van der Waals surface area (Å²) >= 11 is 0. The Morgan fingerprint density at radius 3 is 2.68 bits per heavy atom. The van der Waals surface area contributed by atoms with Crippen molar-refractivity contribution >= 4 is 28.6 Å². The van der Waals surface area contributed by atoms with Crippen molar-refractivity contribution in [1.82, 2.24) is 35.0 Å². The third-order valence-electron chi connectivity index (χ3n) is 7.30. The van der Waals surface area contributed by atoms with Crippen molar-refractivity contribution in [3.63, 3.8) is 0 Å². The SMILES string of the molecule is COc1ccc(CN2C3CC2CN(c2ccc(-c4nc(Nc5cc(C)[nH]n5)c5occc5n4)cn2)C3)cn1. The Bertz CT molecular complexity index is 1570. The lowest BCUT2D eigenvalue weighted by Crippen LogP contribution is -2.68. The number of fused-ring (bicyclic) bond motifs is 3. The van der Waals surface area contributed by atoms with E-state index in [9.17, 15) is 0 Å². The maximum absolute atomic E-state index is 5.63. The number of methoxy groups -OCH3 is 1. The molecule has 11 nitrogen and oxygen atoms in total. The summed E-state index contributed by atoms with van der Waals surface area (Å²) in [6.07, 6.45) is 6.59. The summed E-state index contributed by atoms with van der Waals surface area (Å²) in [6.45, 7) is 4.78. The van der Waals surface area contributed by atoms with Crippen molar-refractivity contribution < 1.29 is 9.15 Å². The van der Waals surface area contributed by atoms with Crippen LogP contribution >= 0.6 is 0 Å². The molecule has 0 saturated carbocycles. The van der Waals surface area contributed by atoms with E-state index in [-0.39, 0.29) is 0 Å². The Kier molecular flexibility index (Phi) is 5.43. The van der Waals surface area contributed by atoms with Gasteiger partial charge in [0.2, 0.25) is 5.88 Å². The quantitative estimate of drug-likeness (QED) is 0.334. The van der Waals surface area contributed by atoms with Crippen LogP contribution in [0, 0.1) is 6.92 Å². The predicted octanol–water partition coefficient (Wildman–Crippen LogP) is 3.93. The zero-order valence-corrected chi connectivity index (χ0v) is 21.1. The average Bonchev–Trinajstić information content (AvgIpc) is 3.61. The first-order valence-electron chi connectivity index (χ1n) is 12.6. The maximum atomic E-state index is 5.63. The number of pyridine rings is 2. The van der Waals surface area contributed by atoms with Crippen LogP contribution in [0.1, 0.15) is 17.7 Å². The molecule has 5 aromatic heterocycles. The van der Waals surface area contributed by atoms with Crippen molar-refractivity contribution in [3.8, 4) is 17.3 Å². The second kappa shape index (κ2) is 9.10. The fourth-order valence-electron chi connectivity index (χ4n) is 5.35. The molecule has 11 heteroatoms. The molecule has 2 N–H and O–H groups in total. The smallest absolute Gasteiger partial charge is 0.212 e. The Hall–Kier alpha value is -4.51. The number of rotatable bonds is 7. The van der Waals surface area contributed by atoms with Crippen molar-refractivity contribution in [2.75, 3.05) is 30.4 Å². The number of ether oxygens (including phenoxy) is 1. The van der Waals surface area contributed by atoms with Gasteiger partial charge in [-0.25, -0.2) is 19.9 Å². The van der Waals surface area contributed by atoms with Gasteiger partial charge in [-0.05, 0) is 31.0 Å². The largest absolute Gasteiger partial charge is 0.481 e. The van der Waals surface area contributed by atoms with Gasteiger partial charge in [-0.1, -0.05) is 6.07 Å². The average molecular weight is 510 g/mol. The lowest BCUT2D eigenvalue weighted by Gasteiger charge is -2.56. The number of aromatic amines is 1. The molecule has 2 bridgehead atoms. The van der Waals surface area contributed by atoms with E-state index in [2.05, 4.69) is 47.4 Å². The number of hydrogen-bond acceptors (Lipinski definition) is 10. The lowest BCUT2D eigenvalue weighted by atomic mass is 9.87. The summed E-state index contributed by atoms with van der Waals surface area (Å²) < 4.78 is 10.8. The van der Waals surface area contributed by atoms with Gasteiger partial charge >= 0.3 is 0 Å². The van der Waals surface area contributed by atoms with Gasteiger partial charge in [0.25, 0.3) is 0 Å². The van der Waals surface area contributed by atoms with Crippen LogP contribution in [0.15, 0.2) is 59.5 Å². The molecule has 3 saturated heterocycles. The second-order valence-electron chi connectivity index (χ2n) is 9.83. The standard InChI is InChI=1S/C27H27N9O2/c1-16-9-22(34-33-16)31-27-25-21(7-8-38-25)30-26(32-27)18-4-5-23(28-12-18)35-14-19-10-20(15-35)36(19)13-17-3-6-24(37-2)29-11-17/h3-9,11-12,19-20H,10,13-15H2,1-2H3,(H2,30,31,32,33,34). The molecule has 2 atom stereocenters. The van der Waals surface area contributed by atoms with E-state index in [1.165, 1.54) is 12.0 Å². The molecule has 3 fully saturated rings. The van der Waals surface area contributed by atoms with E-state index in [1.54, 1.807) is 13.4 Å². The number of furan rings is 1. The lowest BCUT2D eigenvalue weighted by molar-refractivity contribution is -0.00876. The number of nitrogens with zero attached hydrogens (tertiary/aromatic N) is 7. The normalized spacial score (nSPS) is 18.9. The molecular formula is C27H27N9O2. The Labute approximate surface area is 218 Å². The summed E-state index contributed by atoms with van der Waals surface area (Å²) in [4.78, 5) is 23.5. The zero-order chi connectivity index (χ0) is 25.6. The number of hydrogen-bond donors (Lipinski definition) is 2. The summed E-state index contributed by atoms with van der Waals surface area (Å²) in [5.74, 6) is 3.43. The summed E-state index contributed by atoms with van der Waals surface area (Å²) in [6, 6.07) is 12.9. The summed E-state index contributed by atoms with van der Waals surface area (Å²) in [5, 5.41) is 10.4. The van der Waals surface area contributed by atoms with E-state index in [0.29, 0.717) is 41.0 Å². The molecule has 3 aliphatic heterocycles. The number of anilines is 3. The van der Waals surface area contributed by atoms with Gasteiger partial charge in [0.1, 0.15) is 11.3 Å². The monoisotopic (exact) mass is 509 g/mol. The van der Waals surface area contributed by atoms with Gasteiger partial charge in [-0.2, -0.15) is 5.10 Å². The van der Waals surface area contributed by atoms with Gasteiger partial charge in [0.05, 0.1) is 13.4 Å². The predicted molar refractivity (Wildman–Crippen MR) is 142 cm³/mol. The van der Waals surface area contributed by atoms with E-state index < -0.39 is 0 Å². The van der Waals surface area contributed by atoms with Crippen LogP contribution in [-0.2, 0) is 6.54 Å². The van der Waals surface area contributed by atoms with Gasteiger partial charge in [0, 0.05) is 73.6 Å². The van der Waals surface area contributed by atoms with Crippen molar-refractivity contribution in [2.45, 2.75) is 32.0 Å². The fourth-order valence-corrected chi connectivity index (χ4v) is 5.35. The van der Waals surface area contributed by atoms with E-state index in [0.717, 1.165) is 42.2 Å². The fraction of sp³-hybridized carbons (Fsp3) is 0.296. The zero-order valence-electron chi connectivity index (χ0n) is 21.1. The molecule has 0 radical (unpaired) electrons. The molecular weight excluding hydrogens is 482 g/mol. The summed E-state index contributed by atoms with van der Waals surface area (Å²) in [5.41, 5.74) is 4.31. The third-order valence-corrected chi connectivity index (χ3v) is 7.30. The summed E-state index contributed by atoms with van der Waals surface area (Å²) in [7, 11) is 1.64. The minimum Gasteiger partial charge on any atom is -0.481 e. The molecule has 5 aromatic rings. The molecule has 0 spiro atoms. The number of H-pyrrole nitrogens is 1. The topological polar surface area (TPSA) is 121 Å². The first-order valence-corrected chi connectivity index (χ1v) is 12.6. The van der Waals surface area contributed by atoms with Gasteiger partial charge < -0.3 is 19.4 Å². The van der Waals surface area contributed by atoms with Crippen molar-refractivity contribution in [1.29, 1.82) is 0 Å². The molecule has 0 aliphatic carbocycles. The number of piperazine rings is 1. The minimum absolute atomic E-state index is 0.517. The van der Waals surface area contributed by atoms with Crippen molar-refractivity contribution in [2.24, 2.45) is 0 Å². The second-order valence-corrected chi connectivity index (χ2v) is 9.83. The van der Waals surface area contributed by atoms with E-state index in [1.807, 2.05) is 43.6 Å². The highest BCUT2D eigenvalue weighted by molar-refractivity contribution is 5.87. The van der Waals surface area contributed by atoms with Gasteiger partial charge in [-0.15, -0.1) is 0 Å². The molecule has 8 heterocycles. The molecule has 3 aliphatic rings. The number of aryl methyl sites for hydroxylation is 1. The van der Waals surface area contributed by atoms with Gasteiger partial charge in [-0.3, -0.25) is 10.00 Å². The third kappa shape index (κ3) is 4.10. The van der Waals surface area contributed by atoms with E-state index in [4.69, 9.17) is 19.1 Å². The Morgan fingerprint density at radius 1 is 1.08 bits per heavy atom. The van der Waals surface area contributed by atoms with Crippen LogP contribution in [0.3, 0.4) is 0 Å². The first kappa shape index (κ1) is 22.7. The van der Waals surface area contributed by atoms with Crippen molar-refractivity contribution in [3.05, 3.63) is 66.3 Å². The van der Waals surface area contributed by atoms with Crippen LogP contribution in [0.5, 0.6) is 5.88 Å². The number of nitrogens with one attached hydrogen (secondary N) is 2. The van der Waals surface area contributed by atoms with E-state index >= 15 is 0 Å². The Morgan fingerprint density at radius 2 is 1.97 bits per heavy atom. The molecule has 2 unspecified atom stereocenters. The highest BCUT2D eigenvalue weighted by Gasteiger charge is 2.44. The highest BCUT2D eigenvalue weighted by Crippen LogP contribution is 2.36. The molecule has 38 heavy (non-hydrogen) atoms. The van der Waals surface area contributed by atoms with Crippen LogP contribution in [0.4, 0.5) is 17.5 Å². The first-order chi connectivity index (χ1) is 18.6. The number of aromatic nitrogens is 6. The van der Waals surface area contributed by atoms with Crippen LogP contribution in [0.2, 0.25) is 0 Å². The molecule has 0 amide bonds.